The molecule has 2 aromatic carbocycles. The van der Waals surface area contributed by atoms with E-state index < -0.39 is 9.84 Å². The summed E-state index contributed by atoms with van der Waals surface area (Å²) in [6.45, 7) is 6.33. The lowest BCUT2D eigenvalue weighted by molar-refractivity contribution is 0.372. The minimum absolute atomic E-state index is 0.00428. The summed E-state index contributed by atoms with van der Waals surface area (Å²) in [6.07, 6.45) is 0. The number of nitrogens with one attached hydrogen (secondary N) is 1. The molecular formula is C22H30N4O3S. The van der Waals surface area contributed by atoms with Crippen LogP contribution in [0.5, 0.6) is 5.75 Å². The van der Waals surface area contributed by atoms with Crippen LogP contribution in [0.2, 0.25) is 0 Å². The van der Waals surface area contributed by atoms with Gasteiger partial charge in [0.25, 0.3) is 0 Å². The quantitative estimate of drug-likeness (QED) is 0.537. The Balaban J connectivity index is 1.60. The fourth-order valence-electron chi connectivity index (χ4n) is 3.43. The second-order valence-corrected chi connectivity index (χ2v) is 9.15. The van der Waals surface area contributed by atoms with Gasteiger partial charge in [-0.25, -0.2) is 8.42 Å². The van der Waals surface area contributed by atoms with Crippen LogP contribution in [0.25, 0.3) is 0 Å². The van der Waals surface area contributed by atoms with Gasteiger partial charge in [0.2, 0.25) is 0 Å². The molecule has 0 unspecified atom stereocenters. The molecule has 0 aliphatic carbocycles. The Morgan fingerprint density at radius 1 is 1.07 bits per heavy atom. The van der Waals surface area contributed by atoms with Crippen molar-refractivity contribution in [1.82, 2.24) is 10.2 Å². The van der Waals surface area contributed by atoms with Crippen molar-refractivity contribution < 1.29 is 13.2 Å². The summed E-state index contributed by atoms with van der Waals surface area (Å²) in [7, 11) is -1.65. The van der Waals surface area contributed by atoms with Crippen LogP contribution in [0.1, 0.15) is 6.92 Å². The highest BCUT2D eigenvalue weighted by Crippen LogP contribution is 2.22. The van der Waals surface area contributed by atoms with Crippen molar-refractivity contribution in [2.24, 2.45) is 4.99 Å². The maximum Gasteiger partial charge on any atom is 0.194 e. The van der Waals surface area contributed by atoms with Crippen molar-refractivity contribution in [3.8, 4) is 5.75 Å². The molecule has 162 valence electrons. The fraction of sp³-hybridized carbons (Fsp3) is 0.409. The van der Waals surface area contributed by atoms with E-state index in [2.05, 4.69) is 26.2 Å². The smallest absolute Gasteiger partial charge is 0.194 e. The van der Waals surface area contributed by atoms with Crippen LogP contribution in [-0.4, -0.2) is 71.4 Å². The predicted octanol–water partition coefficient (Wildman–Crippen LogP) is 2.26. The average Bonchev–Trinajstić information content (AvgIpc) is 2.79. The van der Waals surface area contributed by atoms with E-state index in [-0.39, 0.29) is 12.3 Å². The Bertz CT molecular complexity index is 940. The Morgan fingerprint density at radius 2 is 1.80 bits per heavy atom. The van der Waals surface area contributed by atoms with Gasteiger partial charge in [0.1, 0.15) is 5.75 Å². The number of hydrogen-bond donors (Lipinski definition) is 1. The van der Waals surface area contributed by atoms with Gasteiger partial charge in [-0.2, -0.15) is 0 Å². The summed E-state index contributed by atoms with van der Waals surface area (Å²) in [5.41, 5.74) is 1.14. The monoisotopic (exact) mass is 430 g/mol. The topological polar surface area (TPSA) is 74.2 Å². The molecule has 0 saturated carbocycles. The summed E-state index contributed by atoms with van der Waals surface area (Å²) < 4.78 is 30.3. The van der Waals surface area contributed by atoms with Gasteiger partial charge in [-0.15, -0.1) is 0 Å². The van der Waals surface area contributed by atoms with E-state index in [1.807, 2.05) is 31.2 Å². The molecule has 1 aliphatic rings. The molecule has 0 amide bonds. The van der Waals surface area contributed by atoms with Crippen molar-refractivity contribution in [3.63, 3.8) is 0 Å². The van der Waals surface area contributed by atoms with Gasteiger partial charge in [0.15, 0.2) is 15.8 Å². The second kappa shape index (κ2) is 10.3. The van der Waals surface area contributed by atoms with Crippen molar-refractivity contribution in [2.75, 3.05) is 57.0 Å². The van der Waals surface area contributed by atoms with Gasteiger partial charge >= 0.3 is 0 Å². The number of hydrogen-bond acceptors (Lipinski definition) is 5. The van der Waals surface area contributed by atoms with Gasteiger partial charge in [0.05, 0.1) is 24.3 Å². The number of piperazine rings is 1. The van der Waals surface area contributed by atoms with E-state index in [0.29, 0.717) is 4.90 Å². The third kappa shape index (κ3) is 5.66. The molecule has 3 rings (SSSR count). The molecule has 1 aliphatic heterocycles. The summed E-state index contributed by atoms with van der Waals surface area (Å²) in [4.78, 5) is 9.44. The van der Waals surface area contributed by atoms with Gasteiger partial charge in [-0.1, -0.05) is 24.3 Å². The molecule has 2 aromatic rings. The zero-order chi connectivity index (χ0) is 21.4. The third-order valence-electron chi connectivity index (χ3n) is 5.06. The number of methoxy groups -OCH3 is 1. The lowest BCUT2D eigenvalue weighted by Gasteiger charge is -2.37. The first-order valence-electron chi connectivity index (χ1n) is 10.2. The minimum Gasteiger partial charge on any atom is -0.497 e. The second-order valence-electron chi connectivity index (χ2n) is 7.04. The number of guanidine groups is 1. The molecule has 8 heteroatoms. The number of aliphatic imine (C=N–C) groups is 1. The Labute approximate surface area is 179 Å². The number of sulfone groups is 1. The number of benzene rings is 2. The minimum atomic E-state index is -3.33. The molecule has 0 spiro atoms. The SMILES string of the molecule is CCNC(=NCCS(=O)(=O)c1ccccc1)N1CCN(c2cccc(OC)c2)CC1. The summed E-state index contributed by atoms with van der Waals surface area (Å²) in [6, 6.07) is 16.6. The number of ether oxygens (including phenoxy) is 1. The first-order chi connectivity index (χ1) is 14.5. The highest BCUT2D eigenvalue weighted by molar-refractivity contribution is 7.91. The zero-order valence-corrected chi connectivity index (χ0v) is 18.4. The van der Waals surface area contributed by atoms with Crippen molar-refractivity contribution in [3.05, 3.63) is 54.6 Å². The first-order valence-corrected chi connectivity index (χ1v) is 11.9. The number of anilines is 1. The molecule has 0 radical (unpaired) electrons. The molecule has 0 aromatic heterocycles. The van der Waals surface area contributed by atoms with Crippen molar-refractivity contribution >= 4 is 21.5 Å². The van der Waals surface area contributed by atoms with Crippen LogP contribution in [0, 0.1) is 0 Å². The zero-order valence-electron chi connectivity index (χ0n) is 17.6. The Hall–Kier alpha value is -2.74. The van der Waals surface area contributed by atoms with Crippen LogP contribution in [0.4, 0.5) is 5.69 Å². The van der Waals surface area contributed by atoms with Crippen LogP contribution in [0.3, 0.4) is 0 Å². The third-order valence-corrected chi connectivity index (χ3v) is 6.77. The molecule has 1 saturated heterocycles. The van der Waals surface area contributed by atoms with Gasteiger partial charge < -0.3 is 19.9 Å². The molecule has 1 N–H and O–H groups in total. The molecular weight excluding hydrogens is 400 g/mol. The average molecular weight is 431 g/mol. The summed E-state index contributed by atoms with van der Waals surface area (Å²) >= 11 is 0. The molecule has 0 bridgehead atoms. The normalized spacial score (nSPS) is 15.2. The van der Waals surface area contributed by atoms with Crippen molar-refractivity contribution in [1.29, 1.82) is 0 Å². The summed E-state index contributed by atoms with van der Waals surface area (Å²) in [5, 5.41) is 3.29. The Morgan fingerprint density at radius 3 is 2.47 bits per heavy atom. The van der Waals surface area contributed by atoms with E-state index in [0.717, 1.165) is 50.1 Å². The van der Waals surface area contributed by atoms with Crippen LogP contribution in [0.15, 0.2) is 64.5 Å². The van der Waals surface area contributed by atoms with Gasteiger partial charge in [-0.05, 0) is 31.2 Å². The lowest BCUT2D eigenvalue weighted by Crippen LogP contribution is -2.52. The van der Waals surface area contributed by atoms with E-state index in [1.165, 1.54) is 0 Å². The van der Waals surface area contributed by atoms with E-state index in [9.17, 15) is 8.42 Å². The van der Waals surface area contributed by atoms with E-state index >= 15 is 0 Å². The molecule has 7 nitrogen and oxygen atoms in total. The number of rotatable bonds is 7. The van der Waals surface area contributed by atoms with E-state index in [4.69, 9.17) is 4.74 Å². The fourth-order valence-corrected chi connectivity index (χ4v) is 4.57. The van der Waals surface area contributed by atoms with Gasteiger partial charge in [-0.3, -0.25) is 4.99 Å². The molecule has 30 heavy (non-hydrogen) atoms. The van der Waals surface area contributed by atoms with Crippen LogP contribution in [-0.2, 0) is 9.84 Å². The maximum absolute atomic E-state index is 12.5. The van der Waals surface area contributed by atoms with E-state index in [1.54, 1.807) is 31.4 Å². The highest BCUT2D eigenvalue weighted by atomic mass is 32.2. The lowest BCUT2D eigenvalue weighted by atomic mass is 10.2. The first kappa shape index (κ1) is 22.0. The Kier molecular flexibility index (Phi) is 7.57. The molecule has 0 atom stereocenters. The van der Waals surface area contributed by atoms with Gasteiger partial charge in [0, 0.05) is 44.5 Å². The summed E-state index contributed by atoms with van der Waals surface area (Å²) in [5.74, 6) is 1.62. The molecule has 1 fully saturated rings. The number of nitrogens with zero attached hydrogens (tertiary/aromatic N) is 3. The largest absolute Gasteiger partial charge is 0.497 e. The highest BCUT2D eigenvalue weighted by Gasteiger charge is 2.20. The van der Waals surface area contributed by atoms with Crippen LogP contribution < -0.4 is 15.0 Å². The standard InChI is InChI=1S/C22H30N4O3S/c1-3-23-22(24-12-17-30(27,28)21-10-5-4-6-11-21)26-15-13-25(14-16-26)19-8-7-9-20(18-19)29-2/h4-11,18H,3,12-17H2,1-2H3,(H,23,24). The van der Waals surface area contributed by atoms with Crippen molar-refractivity contribution in [2.45, 2.75) is 11.8 Å². The molecule has 1 heterocycles. The predicted molar refractivity (Wildman–Crippen MR) is 121 cm³/mol. The maximum atomic E-state index is 12.5. The van der Waals surface area contributed by atoms with Crippen LogP contribution >= 0.6 is 0 Å².